The Morgan fingerprint density at radius 3 is 2.38 bits per heavy atom. The van der Waals surface area contributed by atoms with Crippen molar-refractivity contribution in [3.8, 4) is 11.5 Å². The van der Waals surface area contributed by atoms with Gasteiger partial charge in [0.05, 0.1) is 25.8 Å². The number of amides is 1. The lowest BCUT2D eigenvalue weighted by Gasteiger charge is -2.20. The van der Waals surface area contributed by atoms with E-state index < -0.39 is 33.0 Å². The molecule has 0 saturated carbocycles. The number of carbonyl (C=O) groups is 1. The molecular weight excluding hydrogens is 403 g/mol. The molecule has 1 saturated heterocycles. The Kier molecular flexibility index (Phi) is 6.20. The number of nitrogens with one attached hydrogen (secondary N) is 4. The summed E-state index contributed by atoms with van der Waals surface area (Å²) in [5.74, 6) is -1.45. The fraction of sp³-hybridized carbons (Fsp3) is 0.278. The highest BCUT2D eigenvalue weighted by Crippen LogP contribution is 2.24. The molecule has 1 amide bonds. The number of methoxy groups -OCH3 is 2. The van der Waals surface area contributed by atoms with Gasteiger partial charge in [0.15, 0.2) is 5.37 Å². The van der Waals surface area contributed by atoms with Gasteiger partial charge in [-0.1, -0.05) is 0 Å². The zero-order valence-electron chi connectivity index (χ0n) is 15.7. The molecule has 4 N–H and O–H groups in total. The zero-order valence-corrected chi connectivity index (χ0v) is 16.5. The summed E-state index contributed by atoms with van der Waals surface area (Å²) in [5, 5.41) is 1.17. The third-order valence-corrected chi connectivity index (χ3v) is 6.02. The van der Waals surface area contributed by atoms with Gasteiger partial charge in [0.2, 0.25) is 5.91 Å². The lowest BCUT2D eigenvalue weighted by molar-refractivity contribution is -0.119. The average Bonchev–Trinajstić information content (AvgIpc) is 3.21. The number of ether oxygens (including phenoxy) is 2. The van der Waals surface area contributed by atoms with Gasteiger partial charge in [0.25, 0.3) is 10.0 Å². The van der Waals surface area contributed by atoms with E-state index in [1.165, 1.54) is 26.4 Å². The summed E-state index contributed by atoms with van der Waals surface area (Å²) in [4.78, 5) is 12.6. The molecular formula is C18H21FN4O5S. The van der Waals surface area contributed by atoms with Crippen LogP contribution in [0.25, 0.3) is 0 Å². The van der Waals surface area contributed by atoms with Gasteiger partial charge in [-0.05, 0) is 36.4 Å². The highest BCUT2D eigenvalue weighted by atomic mass is 32.2. The molecule has 0 spiro atoms. The first-order chi connectivity index (χ1) is 13.8. The lowest BCUT2D eigenvalue weighted by atomic mass is 10.1. The fourth-order valence-corrected chi connectivity index (χ4v) is 4.32. The van der Waals surface area contributed by atoms with Crippen molar-refractivity contribution in [2.24, 2.45) is 5.92 Å². The summed E-state index contributed by atoms with van der Waals surface area (Å²) in [6.45, 7) is 0.0534. The zero-order chi connectivity index (χ0) is 21.0. The van der Waals surface area contributed by atoms with Crippen molar-refractivity contribution in [2.75, 3.05) is 30.8 Å². The number of hydrogen-bond donors (Lipinski definition) is 4. The van der Waals surface area contributed by atoms with Crippen LogP contribution >= 0.6 is 0 Å². The van der Waals surface area contributed by atoms with Crippen molar-refractivity contribution in [3.05, 3.63) is 48.3 Å². The van der Waals surface area contributed by atoms with E-state index in [0.717, 1.165) is 6.07 Å². The van der Waals surface area contributed by atoms with Gasteiger partial charge in [0.1, 0.15) is 17.3 Å². The molecule has 156 valence electrons. The largest absolute Gasteiger partial charge is 0.497 e. The summed E-state index contributed by atoms with van der Waals surface area (Å²) in [7, 11) is -1.08. The second-order valence-electron chi connectivity index (χ2n) is 6.26. The predicted octanol–water partition coefficient (Wildman–Crippen LogP) is 1.27. The van der Waals surface area contributed by atoms with E-state index in [0.29, 0.717) is 17.2 Å². The molecule has 9 nitrogen and oxygen atoms in total. The average molecular weight is 424 g/mol. The third-order valence-electron chi connectivity index (χ3n) is 4.39. The molecule has 0 aliphatic carbocycles. The summed E-state index contributed by atoms with van der Waals surface area (Å²) in [6.07, 6.45) is 0. The van der Waals surface area contributed by atoms with Crippen molar-refractivity contribution in [1.82, 2.24) is 10.9 Å². The van der Waals surface area contributed by atoms with Crippen molar-refractivity contribution < 1.29 is 27.1 Å². The summed E-state index contributed by atoms with van der Waals surface area (Å²) < 4.78 is 52.0. The standard InChI is InChI=1S/C18H21FN4O5S/c1-27-12-5-3-11(4-6-12)23-29(25,26)18-14(10-20-22-18)17(24)21-16-8-7-13(28-2)9-15(16)19/h3-9,14,18,20,22-23H,10H2,1-2H3,(H,21,24). The van der Waals surface area contributed by atoms with Gasteiger partial charge in [-0.2, -0.15) is 0 Å². The number of sulfonamides is 1. The van der Waals surface area contributed by atoms with E-state index in [4.69, 9.17) is 9.47 Å². The molecule has 2 aromatic carbocycles. The second-order valence-corrected chi connectivity index (χ2v) is 8.06. The Bertz CT molecular complexity index is 984. The molecule has 2 aromatic rings. The van der Waals surface area contributed by atoms with Crippen LogP contribution in [0.1, 0.15) is 0 Å². The first-order valence-electron chi connectivity index (χ1n) is 8.62. The van der Waals surface area contributed by atoms with Crippen LogP contribution in [-0.2, 0) is 14.8 Å². The predicted molar refractivity (Wildman–Crippen MR) is 106 cm³/mol. The van der Waals surface area contributed by atoms with Gasteiger partial charge < -0.3 is 14.8 Å². The fourth-order valence-electron chi connectivity index (χ4n) is 2.84. The molecule has 2 atom stereocenters. The quantitative estimate of drug-likeness (QED) is 0.529. The number of benzene rings is 2. The van der Waals surface area contributed by atoms with E-state index in [2.05, 4.69) is 20.9 Å². The lowest BCUT2D eigenvalue weighted by Crippen LogP contribution is -2.45. The normalized spacial score (nSPS) is 18.9. The van der Waals surface area contributed by atoms with Gasteiger partial charge >= 0.3 is 0 Å². The van der Waals surface area contributed by atoms with Crippen LogP contribution in [0.5, 0.6) is 11.5 Å². The van der Waals surface area contributed by atoms with E-state index in [1.807, 2.05) is 0 Å². The number of carbonyl (C=O) groups excluding carboxylic acids is 1. The molecule has 29 heavy (non-hydrogen) atoms. The minimum absolute atomic E-state index is 0.0534. The number of anilines is 2. The number of halogens is 1. The Balaban J connectivity index is 1.73. The van der Waals surface area contributed by atoms with Gasteiger partial charge in [0, 0.05) is 18.3 Å². The molecule has 1 fully saturated rings. The summed E-state index contributed by atoms with van der Waals surface area (Å²) in [6, 6.07) is 10.3. The topological polar surface area (TPSA) is 118 Å². The molecule has 2 unspecified atom stereocenters. The maximum atomic E-state index is 14.1. The summed E-state index contributed by atoms with van der Waals surface area (Å²) in [5.41, 5.74) is 5.51. The third kappa shape index (κ3) is 4.75. The van der Waals surface area contributed by atoms with Crippen molar-refractivity contribution in [1.29, 1.82) is 0 Å². The van der Waals surface area contributed by atoms with Gasteiger partial charge in [-0.3, -0.25) is 14.9 Å². The van der Waals surface area contributed by atoms with Crippen molar-refractivity contribution >= 4 is 27.3 Å². The van der Waals surface area contributed by atoms with Crippen LogP contribution < -0.4 is 30.4 Å². The first kappa shape index (κ1) is 20.8. The van der Waals surface area contributed by atoms with Gasteiger partial charge in [-0.25, -0.2) is 18.2 Å². The van der Waals surface area contributed by atoms with Crippen LogP contribution in [0.15, 0.2) is 42.5 Å². The smallest absolute Gasteiger partial charge is 0.250 e. The van der Waals surface area contributed by atoms with Crippen LogP contribution in [0.3, 0.4) is 0 Å². The SMILES string of the molecule is COc1ccc(NS(=O)(=O)C2NNCC2C(=O)Nc2ccc(OC)cc2F)cc1. The van der Waals surface area contributed by atoms with E-state index >= 15 is 0 Å². The molecule has 11 heteroatoms. The van der Waals surface area contributed by atoms with Crippen LogP contribution in [0.2, 0.25) is 0 Å². The molecule has 0 aromatic heterocycles. The molecule has 1 aliphatic heterocycles. The summed E-state index contributed by atoms with van der Waals surface area (Å²) >= 11 is 0. The maximum absolute atomic E-state index is 14.1. The van der Waals surface area contributed by atoms with Crippen LogP contribution in [0, 0.1) is 11.7 Å². The second kappa shape index (κ2) is 8.64. The van der Waals surface area contributed by atoms with E-state index in [9.17, 15) is 17.6 Å². The van der Waals surface area contributed by atoms with Crippen molar-refractivity contribution in [2.45, 2.75) is 5.37 Å². The minimum atomic E-state index is -3.98. The van der Waals surface area contributed by atoms with Crippen LogP contribution in [-0.4, -0.2) is 40.5 Å². The Morgan fingerprint density at radius 2 is 1.76 bits per heavy atom. The Morgan fingerprint density at radius 1 is 1.10 bits per heavy atom. The maximum Gasteiger partial charge on any atom is 0.250 e. The Hall–Kier alpha value is -2.89. The number of hydrazine groups is 1. The number of hydrogen-bond acceptors (Lipinski definition) is 7. The highest BCUT2D eigenvalue weighted by Gasteiger charge is 2.42. The molecule has 3 rings (SSSR count). The Labute approximate surface area is 167 Å². The highest BCUT2D eigenvalue weighted by molar-refractivity contribution is 7.93. The molecule has 0 radical (unpaired) electrons. The number of rotatable bonds is 7. The first-order valence-corrected chi connectivity index (χ1v) is 10.2. The molecule has 1 heterocycles. The van der Waals surface area contributed by atoms with E-state index in [1.54, 1.807) is 24.3 Å². The molecule has 0 bridgehead atoms. The minimum Gasteiger partial charge on any atom is -0.497 e. The van der Waals surface area contributed by atoms with Crippen LogP contribution in [0.4, 0.5) is 15.8 Å². The van der Waals surface area contributed by atoms with Crippen molar-refractivity contribution in [3.63, 3.8) is 0 Å². The molecule has 1 aliphatic rings. The van der Waals surface area contributed by atoms with E-state index in [-0.39, 0.29) is 12.2 Å². The monoisotopic (exact) mass is 424 g/mol. The van der Waals surface area contributed by atoms with Gasteiger partial charge in [-0.15, -0.1) is 0 Å².